The van der Waals surface area contributed by atoms with Gasteiger partial charge < -0.3 is 10.1 Å². The number of benzene rings is 2. The van der Waals surface area contributed by atoms with Gasteiger partial charge in [-0.05, 0) is 56.5 Å². The third kappa shape index (κ3) is 3.86. The fourth-order valence-corrected chi connectivity index (χ4v) is 2.81. The molecule has 1 aliphatic carbocycles. The standard InChI is InChI=1S/C18H20BrNO/c1-12-3-7-18(14(9-12)11-20-16-5-6-16)21-17-8-4-15(19)10-13(17)2/h3-4,7-10,16,20H,5-6,11H2,1-2H3. The van der Waals surface area contributed by atoms with Crippen LogP contribution in [-0.4, -0.2) is 6.04 Å². The summed E-state index contributed by atoms with van der Waals surface area (Å²) >= 11 is 3.49. The molecule has 0 atom stereocenters. The monoisotopic (exact) mass is 345 g/mol. The van der Waals surface area contributed by atoms with E-state index in [0.29, 0.717) is 6.04 Å². The first kappa shape index (κ1) is 14.6. The Kier molecular flexibility index (Phi) is 4.32. The average molecular weight is 346 g/mol. The molecule has 1 fully saturated rings. The summed E-state index contributed by atoms with van der Waals surface area (Å²) in [5.74, 6) is 1.86. The van der Waals surface area contributed by atoms with Crippen LogP contribution in [0.1, 0.15) is 29.5 Å². The topological polar surface area (TPSA) is 21.3 Å². The molecule has 1 aliphatic rings. The van der Waals surface area contributed by atoms with Gasteiger partial charge in [0.2, 0.25) is 0 Å². The molecule has 0 amide bonds. The van der Waals surface area contributed by atoms with Crippen molar-refractivity contribution in [1.82, 2.24) is 5.32 Å². The van der Waals surface area contributed by atoms with Crippen LogP contribution in [-0.2, 0) is 6.54 Å². The van der Waals surface area contributed by atoms with Gasteiger partial charge in [-0.25, -0.2) is 0 Å². The highest BCUT2D eigenvalue weighted by atomic mass is 79.9. The number of hydrogen-bond acceptors (Lipinski definition) is 2. The third-order valence-electron chi connectivity index (χ3n) is 3.73. The molecule has 0 aromatic heterocycles. The smallest absolute Gasteiger partial charge is 0.131 e. The van der Waals surface area contributed by atoms with Gasteiger partial charge in [-0.3, -0.25) is 0 Å². The van der Waals surface area contributed by atoms with Gasteiger partial charge in [0.1, 0.15) is 11.5 Å². The molecule has 110 valence electrons. The molecule has 2 aromatic carbocycles. The normalized spacial score (nSPS) is 14.2. The number of aryl methyl sites for hydroxylation is 2. The van der Waals surface area contributed by atoms with Crippen molar-refractivity contribution in [3.8, 4) is 11.5 Å². The van der Waals surface area contributed by atoms with Gasteiger partial charge in [-0.1, -0.05) is 33.6 Å². The van der Waals surface area contributed by atoms with Crippen molar-refractivity contribution in [3.05, 3.63) is 57.6 Å². The predicted octanol–water partition coefficient (Wildman–Crippen LogP) is 5.11. The van der Waals surface area contributed by atoms with Gasteiger partial charge in [0.25, 0.3) is 0 Å². The Balaban J connectivity index is 1.82. The molecule has 0 unspecified atom stereocenters. The van der Waals surface area contributed by atoms with Crippen molar-refractivity contribution in [2.45, 2.75) is 39.3 Å². The second kappa shape index (κ2) is 6.20. The Morgan fingerprint density at radius 3 is 2.57 bits per heavy atom. The molecule has 3 heteroatoms. The summed E-state index contributed by atoms with van der Waals surface area (Å²) in [7, 11) is 0. The predicted molar refractivity (Wildman–Crippen MR) is 90.0 cm³/mol. The Labute approximate surface area is 134 Å². The lowest BCUT2D eigenvalue weighted by Gasteiger charge is -2.14. The Hall–Kier alpha value is -1.32. The largest absolute Gasteiger partial charge is 0.457 e. The summed E-state index contributed by atoms with van der Waals surface area (Å²) in [6.45, 7) is 5.06. The molecule has 0 aliphatic heterocycles. The second-order valence-corrected chi connectivity index (χ2v) is 6.69. The van der Waals surface area contributed by atoms with Crippen LogP contribution in [0.3, 0.4) is 0 Å². The molecule has 0 saturated heterocycles. The molecule has 1 saturated carbocycles. The number of rotatable bonds is 5. The second-order valence-electron chi connectivity index (χ2n) is 5.78. The van der Waals surface area contributed by atoms with Crippen LogP contribution in [0.5, 0.6) is 11.5 Å². The first-order valence-electron chi connectivity index (χ1n) is 7.39. The van der Waals surface area contributed by atoms with Crippen LogP contribution in [0.15, 0.2) is 40.9 Å². The number of nitrogens with one attached hydrogen (secondary N) is 1. The third-order valence-corrected chi connectivity index (χ3v) is 4.22. The lowest BCUT2D eigenvalue weighted by Crippen LogP contribution is -2.15. The summed E-state index contributed by atoms with van der Waals surface area (Å²) in [6.07, 6.45) is 2.60. The van der Waals surface area contributed by atoms with Crippen LogP contribution in [0, 0.1) is 13.8 Å². The number of ether oxygens (including phenoxy) is 1. The molecule has 3 rings (SSSR count). The summed E-state index contributed by atoms with van der Waals surface area (Å²) in [4.78, 5) is 0. The summed E-state index contributed by atoms with van der Waals surface area (Å²) in [5, 5.41) is 3.56. The fourth-order valence-electron chi connectivity index (χ4n) is 2.33. The van der Waals surface area contributed by atoms with Crippen LogP contribution >= 0.6 is 15.9 Å². The highest BCUT2D eigenvalue weighted by molar-refractivity contribution is 9.10. The van der Waals surface area contributed by atoms with E-state index in [0.717, 1.165) is 28.1 Å². The molecule has 0 heterocycles. The van der Waals surface area contributed by atoms with Crippen molar-refractivity contribution >= 4 is 15.9 Å². The van der Waals surface area contributed by atoms with E-state index in [-0.39, 0.29) is 0 Å². The quantitative estimate of drug-likeness (QED) is 0.812. The molecule has 2 aromatic rings. The van der Waals surface area contributed by atoms with E-state index in [1.54, 1.807) is 0 Å². The number of hydrogen-bond donors (Lipinski definition) is 1. The Morgan fingerprint density at radius 1 is 1.10 bits per heavy atom. The van der Waals surface area contributed by atoms with E-state index >= 15 is 0 Å². The molecule has 0 radical (unpaired) electrons. The fraction of sp³-hybridized carbons (Fsp3) is 0.333. The summed E-state index contributed by atoms with van der Waals surface area (Å²) in [5.41, 5.74) is 3.62. The van der Waals surface area contributed by atoms with Crippen LogP contribution in [0.2, 0.25) is 0 Å². The molecule has 21 heavy (non-hydrogen) atoms. The highest BCUT2D eigenvalue weighted by Gasteiger charge is 2.20. The van der Waals surface area contributed by atoms with Crippen molar-refractivity contribution in [3.63, 3.8) is 0 Å². The lowest BCUT2D eigenvalue weighted by atomic mass is 10.1. The van der Waals surface area contributed by atoms with Crippen LogP contribution in [0.25, 0.3) is 0 Å². The van der Waals surface area contributed by atoms with Crippen LogP contribution < -0.4 is 10.1 Å². The van der Waals surface area contributed by atoms with E-state index in [4.69, 9.17) is 4.74 Å². The summed E-state index contributed by atoms with van der Waals surface area (Å²) in [6, 6.07) is 13.2. The SMILES string of the molecule is Cc1ccc(Oc2ccc(Br)cc2C)c(CNC2CC2)c1. The van der Waals surface area contributed by atoms with Crippen molar-refractivity contribution in [2.75, 3.05) is 0 Å². The first-order valence-corrected chi connectivity index (χ1v) is 8.18. The van der Waals surface area contributed by atoms with Crippen molar-refractivity contribution in [1.29, 1.82) is 0 Å². The van der Waals surface area contributed by atoms with Gasteiger partial charge in [-0.15, -0.1) is 0 Å². The zero-order chi connectivity index (χ0) is 14.8. The van der Waals surface area contributed by atoms with E-state index in [9.17, 15) is 0 Å². The van der Waals surface area contributed by atoms with Gasteiger partial charge >= 0.3 is 0 Å². The van der Waals surface area contributed by atoms with Crippen molar-refractivity contribution in [2.24, 2.45) is 0 Å². The van der Waals surface area contributed by atoms with E-state index in [1.807, 2.05) is 12.1 Å². The van der Waals surface area contributed by atoms with Crippen LogP contribution in [0.4, 0.5) is 0 Å². The van der Waals surface area contributed by atoms with Crippen molar-refractivity contribution < 1.29 is 4.74 Å². The zero-order valence-electron chi connectivity index (χ0n) is 12.4. The Bertz CT molecular complexity index is 650. The molecule has 1 N–H and O–H groups in total. The highest BCUT2D eigenvalue weighted by Crippen LogP contribution is 2.31. The van der Waals surface area contributed by atoms with Gasteiger partial charge in [0.15, 0.2) is 0 Å². The van der Waals surface area contributed by atoms with Gasteiger partial charge in [-0.2, -0.15) is 0 Å². The zero-order valence-corrected chi connectivity index (χ0v) is 14.0. The first-order chi connectivity index (χ1) is 10.1. The molecule has 2 nitrogen and oxygen atoms in total. The maximum atomic E-state index is 6.14. The molecular formula is C18H20BrNO. The molecular weight excluding hydrogens is 326 g/mol. The summed E-state index contributed by atoms with van der Waals surface area (Å²) < 4.78 is 7.22. The minimum Gasteiger partial charge on any atom is -0.457 e. The van der Waals surface area contributed by atoms with E-state index in [2.05, 4.69) is 59.4 Å². The van der Waals surface area contributed by atoms with E-state index in [1.165, 1.54) is 24.0 Å². The van der Waals surface area contributed by atoms with Gasteiger partial charge in [0.05, 0.1) is 0 Å². The number of halogens is 1. The molecule has 0 spiro atoms. The van der Waals surface area contributed by atoms with Gasteiger partial charge in [0, 0.05) is 22.6 Å². The minimum absolute atomic E-state index is 0.702. The average Bonchev–Trinajstić information content (AvgIpc) is 3.26. The minimum atomic E-state index is 0.702. The maximum absolute atomic E-state index is 6.14. The molecule has 0 bridgehead atoms. The van der Waals surface area contributed by atoms with E-state index < -0.39 is 0 Å². The Morgan fingerprint density at radius 2 is 1.86 bits per heavy atom. The lowest BCUT2D eigenvalue weighted by molar-refractivity contribution is 0.468. The maximum Gasteiger partial charge on any atom is 0.131 e.